The van der Waals surface area contributed by atoms with E-state index in [0.29, 0.717) is 5.56 Å². The molecule has 0 spiro atoms. The van der Waals surface area contributed by atoms with E-state index < -0.39 is 5.82 Å². The van der Waals surface area contributed by atoms with Gasteiger partial charge in [0.2, 0.25) is 0 Å². The molecule has 4 fully saturated rings. The third-order valence-electron chi connectivity index (χ3n) is 5.85. The molecule has 4 bridgehead atoms. The molecule has 20 heavy (non-hydrogen) atoms. The van der Waals surface area contributed by atoms with Crippen molar-refractivity contribution in [1.82, 2.24) is 0 Å². The first kappa shape index (κ1) is 13.1. The number of alkyl halides is 1. The van der Waals surface area contributed by atoms with Crippen LogP contribution >= 0.6 is 11.6 Å². The number of halogens is 3. The van der Waals surface area contributed by atoms with Crippen LogP contribution in [0.2, 0.25) is 0 Å². The molecule has 0 nitrogen and oxygen atoms in total. The van der Waals surface area contributed by atoms with E-state index >= 15 is 0 Å². The molecule has 0 aliphatic heterocycles. The van der Waals surface area contributed by atoms with Crippen LogP contribution in [0, 0.1) is 34.8 Å². The van der Waals surface area contributed by atoms with Gasteiger partial charge < -0.3 is 0 Å². The van der Waals surface area contributed by atoms with Crippen molar-refractivity contribution >= 4 is 11.6 Å². The van der Waals surface area contributed by atoms with Crippen molar-refractivity contribution in [2.75, 3.05) is 0 Å². The first-order valence-corrected chi connectivity index (χ1v) is 8.08. The quantitative estimate of drug-likeness (QED) is 0.636. The van der Waals surface area contributed by atoms with Crippen molar-refractivity contribution in [1.29, 1.82) is 0 Å². The minimum absolute atomic E-state index is 0.00490. The maximum Gasteiger partial charge on any atom is 0.128 e. The Hall–Kier alpha value is -0.630. The zero-order chi connectivity index (χ0) is 13.9. The first-order chi connectivity index (χ1) is 9.56. The van der Waals surface area contributed by atoms with Crippen LogP contribution in [0.1, 0.15) is 49.5 Å². The molecule has 0 aromatic heterocycles. The summed E-state index contributed by atoms with van der Waals surface area (Å²) < 4.78 is 27.5. The Balaban J connectivity index is 1.71. The van der Waals surface area contributed by atoms with E-state index in [0.717, 1.165) is 37.0 Å². The fraction of sp³-hybridized carbons (Fsp3) is 0.647. The summed E-state index contributed by atoms with van der Waals surface area (Å²) in [6.07, 6.45) is 7.28. The van der Waals surface area contributed by atoms with E-state index in [1.807, 2.05) is 0 Å². The van der Waals surface area contributed by atoms with Gasteiger partial charge in [0.25, 0.3) is 0 Å². The normalized spacial score (nSPS) is 40.0. The van der Waals surface area contributed by atoms with Crippen LogP contribution in [0.3, 0.4) is 0 Å². The van der Waals surface area contributed by atoms with Crippen LogP contribution in [0.4, 0.5) is 8.78 Å². The topological polar surface area (TPSA) is 0 Å². The van der Waals surface area contributed by atoms with Gasteiger partial charge in [-0.25, -0.2) is 8.78 Å². The monoisotopic (exact) mass is 296 g/mol. The molecule has 0 heterocycles. The summed E-state index contributed by atoms with van der Waals surface area (Å²) in [5.74, 6) is 1.54. The van der Waals surface area contributed by atoms with Crippen LogP contribution in [0.5, 0.6) is 0 Å². The van der Waals surface area contributed by atoms with Crippen molar-refractivity contribution in [2.24, 2.45) is 23.2 Å². The smallest absolute Gasteiger partial charge is 0.128 e. The van der Waals surface area contributed by atoms with Crippen LogP contribution < -0.4 is 0 Å². The second-order valence-corrected chi connectivity index (χ2v) is 7.74. The third-order valence-corrected chi connectivity index (χ3v) is 6.55. The lowest BCUT2D eigenvalue weighted by molar-refractivity contribution is -0.0556. The zero-order valence-electron chi connectivity index (χ0n) is 11.4. The van der Waals surface area contributed by atoms with E-state index in [1.165, 1.54) is 37.5 Å². The van der Waals surface area contributed by atoms with Gasteiger partial charge >= 0.3 is 0 Å². The Morgan fingerprint density at radius 1 is 1.00 bits per heavy atom. The van der Waals surface area contributed by atoms with Crippen molar-refractivity contribution in [2.45, 2.75) is 43.9 Å². The van der Waals surface area contributed by atoms with Gasteiger partial charge in [0, 0.05) is 5.56 Å². The summed E-state index contributed by atoms with van der Waals surface area (Å²) in [6, 6.07) is 3.67. The van der Waals surface area contributed by atoms with Crippen LogP contribution in [0.25, 0.3) is 0 Å². The highest BCUT2D eigenvalue weighted by molar-refractivity contribution is 6.21. The van der Waals surface area contributed by atoms with Gasteiger partial charge in [0.15, 0.2) is 0 Å². The fourth-order valence-electron chi connectivity index (χ4n) is 5.53. The lowest BCUT2D eigenvalue weighted by atomic mass is 9.48. The molecule has 0 saturated heterocycles. The van der Waals surface area contributed by atoms with E-state index in [9.17, 15) is 8.78 Å². The van der Waals surface area contributed by atoms with E-state index in [1.54, 1.807) is 0 Å². The van der Waals surface area contributed by atoms with Gasteiger partial charge in [-0.3, -0.25) is 0 Å². The lowest BCUT2D eigenvalue weighted by Gasteiger charge is -2.58. The molecule has 4 aliphatic rings. The average Bonchev–Trinajstić information content (AvgIpc) is 2.39. The van der Waals surface area contributed by atoms with Crippen molar-refractivity contribution < 1.29 is 8.78 Å². The molecule has 108 valence electrons. The summed E-state index contributed by atoms with van der Waals surface area (Å²) in [5, 5.41) is -0.383. The van der Waals surface area contributed by atoms with Gasteiger partial charge in [-0.05, 0) is 79.9 Å². The Kier molecular flexibility index (Phi) is 2.89. The largest absolute Gasteiger partial charge is 0.207 e. The Morgan fingerprint density at radius 2 is 1.55 bits per heavy atom. The van der Waals surface area contributed by atoms with Gasteiger partial charge in [-0.15, -0.1) is 11.6 Å². The number of hydrogen-bond donors (Lipinski definition) is 0. The Bertz CT molecular complexity index is 505. The summed E-state index contributed by atoms with van der Waals surface area (Å²) in [7, 11) is 0. The van der Waals surface area contributed by atoms with Crippen LogP contribution in [-0.2, 0) is 0 Å². The molecule has 1 atom stereocenters. The first-order valence-electron chi connectivity index (χ1n) is 7.65. The number of rotatable bonds is 2. The highest BCUT2D eigenvalue weighted by atomic mass is 35.5. The molecule has 1 aromatic carbocycles. The zero-order valence-corrected chi connectivity index (χ0v) is 12.2. The third kappa shape index (κ3) is 1.91. The molecule has 0 amide bonds. The van der Waals surface area contributed by atoms with Gasteiger partial charge in [0.05, 0.1) is 5.38 Å². The van der Waals surface area contributed by atoms with E-state index in [2.05, 4.69) is 0 Å². The Morgan fingerprint density at radius 3 is 2.10 bits per heavy atom. The highest BCUT2D eigenvalue weighted by Gasteiger charge is 2.54. The van der Waals surface area contributed by atoms with Gasteiger partial charge in [-0.1, -0.05) is 0 Å². The fourth-order valence-corrected chi connectivity index (χ4v) is 5.96. The molecule has 3 heteroatoms. The molecule has 0 radical (unpaired) electrons. The summed E-state index contributed by atoms with van der Waals surface area (Å²) >= 11 is 6.70. The average molecular weight is 297 g/mol. The summed E-state index contributed by atoms with van der Waals surface area (Å²) in [4.78, 5) is 0. The van der Waals surface area contributed by atoms with Crippen LogP contribution in [0.15, 0.2) is 18.2 Å². The summed E-state index contributed by atoms with van der Waals surface area (Å²) in [5.41, 5.74) is 0.374. The standard InChI is InChI=1S/C17H19ClF2/c18-16(14-6-13(19)1-2-15(14)20)17-7-10-3-11(8-17)5-12(4-10)9-17/h1-2,6,10-12,16H,3-5,7-9H2. The summed E-state index contributed by atoms with van der Waals surface area (Å²) in [6.45, 7) is 0. The maximum absolute atomic E-state index is 14.1. The molecular formula is C17H19ClF2. The molecule has 4 aliphatic carbocycles. The number of hydrogen-bond acceptors (Lipinski definition) is 0. The minimum atomic E-state index is -0.392. The minimum Gasteiger partial charge on any atom is -0.207 e. The molecular weight excluding hydrogens is 278 g/mol. The van der Waals surface area contributed by atoms with Crippen molar-refractivity contribution in [3.63, 3.8) is 0 Å². The second kappa shape index (κ2) is 4.43. The lowest BCUT2D eigenvalue weighted by Crippen LogP contribution is -2.48. The second-order valence-electron chi connectivity index (χ2n) is 7.31. The predicted octanol–water partition coefficient (Wildman–Crippen LogP) is 5.46. The molecule has 1 aromatic rings. The maximum atomic E-state index is 14.1. The van der Waals surface area contributed by atoms with E-state index in [4.69, 9.17) is 11.6 Å². The number of benzene rings is 1. The molecule has 1 unspecified atom stereocenters. The van der Waals surface area contributed by atoms with E-state index in [-0.39, 0.29) is 16.6 Å². The highest BCUT2D eigenvalue weighted by Crippen LogP contribution is 2.65. The van der Waals surface area contributed by atoms with Crippen molar-refractivity contribution in [3.05, 3.63) is 35.4 Å². The van der Waals surface area contributed by atoms with Gasteiger partial charge in [0.1, 0.15) is 11.6 Å². The molecule has 5 rings (SSSR count). The molecule has 4 saturated carbocycles. The van der Waals surface area contributed by atoms with Crippen molar-refractivity contribution in [3.8, 4) is 0 Å². The van der Waals surface area contributed by atoms with Gasteiger partial charge in [-0.2, -0.15) is 0 Å². The van der Waals surface area contributed by atoms with Crippen LogP contribution in [-0.4, -0.2) is 0 Å². The Labute approximate surface area is 123 Å². The molecule has 0 N–H and O–H groups in total. The SMILES string of the molecule is Fc1ccc(F)c(C(Cl)C23CC4CC(CC(C4)C2)C3)c1. The predicted molar refractivity (Wildman–Crippen MR) is 75.6 cm³/mol.